The summed E-state index contributed by atoms with van der Waals surface area (Å²) in [5.74, 6) is 0.546. The summed E-state index contributed by atoms with van der Waals surface area (Å²) in [7, 11) is -4.64. The highest BCUT2D eigenvalue weighted by molar-refractivity contribution is 7.94. The Bertz CT molecular complexity index is 1860. The van der Waals surface area contributed by atoms with E-state index in [1.165, 1.54) is 12.0 Å². The normalized spacial score (nSPS) is 12.8. The second-order valence-corrected chi connectivity index (χ2v) is 20.3. The van der Waals surface area contributed by atoms with Crippen LogP contribution in [0.25, 0.3) is 10.9 Å². The second-order valence-electron chi connectivity index (χ2n) is 12.7. The van der Waals surface area contributed by atoms with E-state index in [4.69, 9.17) is 18.6 Å². The zero-order valence-corrected chi connectivity index (χ0v) is 32.1. The third-order valence-corrected chi connectivity index (χ3v) is 15.7. The fourth-order valence-corrected chi connectivity index (χ4v) is 10.3. The Kier molecular flexibility index (Phi) is 12.6. The molecule has 1 atom stereocenters. The number of carbonyl (C=O) groups is 2. The summed E-state index contributed by atoms with van der Waals surface area (Å²) in [4.78, 5) is 27.0. The molecule has 2 aromatic heterocycles. The lowest BCUT2D eigenvalue weighted by atomic mass is 10.1. The number of hydrogen-bond donors (Lipinski definition) is 2. The van der Waals surface area contributed by atoms with E-state index >= 15 is 0 Å². The maximum Gasteiger partial charge on any atom is 0.432 e. The Morgan fingerprint density at radius 3 is 2.38 bits per heavy atom. The molecule has 13 nitrogen and oxygen atoms in total. The van der Waals surface area contributed by atoms with Gasteiger partial charge in [0.15, 0.2) is 8.32 Å². The summed E-state index contributed by atoms with van der Waals surface area (Å²) in [6.07, 6.45) is -2.44. The number of ether oxygens (including phenoxy) is 3. The van der Waals surface area contributed by atoms with Gasteiger partial charge in [-0.25, -0.2) is 18.0 Å². The Hall–Kier alpha value is -4.12. The molecule has 4 rings (SSSR count). The maximum absolute atomic E-state index is 13.7. The molecule has 1 unspecified atom stereocenters. The van der Waals surface area contributed by atoms with Crippen molar-refractivity contribution in [2.75, 3.05) is 31.5 Å². The lowest BCUT2D eigenvalue weighted by molar-refractivity contribution is 0.0131. The van der Waals surface area contributed by atoms with Gasteiger partial charge in [-0.2, -0.15) is 4.68 Å². The molecule has 0 radical (unpaired) electrons. The van der Waals surface area contributed by atoms with E-state index in [0.717, 1.165) is 34.2 Å². The number of amides is 1. The van der Waals surface area contributed by atoms with Crippen LogP contribution in [0.5, 0.6) is 11.6 Å². The summed E-state index contributed by atoms with van der Waals surface area (Å²) in [5.41, 5.74) is 0.597. The molecule has 16 heteroatoms. The number of carbonyl (C=O) groups excluding carboxylic acids is 1. The van der Waals surface area contributed by atoms with E-state index in [1.54, 1.807) is 74.7 Å². The van der Waals surface area contributed by atoms with Crippen molar-refractivity contribution < 1.29 is 41.7 Å². The molecule has 272 valence electrons. The van der Waals surface area contributed by atoms with Gasteiger partial charge in [-0.15, -0.1) is 16.4 Å². The molecule has 0 fully saturated rings. The fraction of sp³-hybridized carbons (Fsp3) is 0.441. The average molecular weight is 747 g/mol. The van der Waals surface area contributed by atoms with Gasteiger partial charge in [0.05, 0.1) is 37.2 Å². The van der Waals surface area contributed by atoms with Crippen LogP contribution in [0.3, 0.4) is 0 Å². The highest BCUT2D eigenvalue weighted by Gasteiger charge is 2.35. The van der Waals surface area contributed by atoms with Crippen LogP contribution in [0.1, 0.15) is 53.2 Å². The number of anilines is 1. The number of nitrogens with zero attached hydrogens (tertiary/aromatic N) is 3. The van der Waals surface area contributed by atoms with Crippen LogP contribution in [0, 0.1) is 0 Å². The number of hydrogen-bond acceptors (Lipinski definition) is 10. The Labute approximate surface area is 298 Å². The molecule has 0 aliphatic heterocycles. The van der Waals surface area contributed by atoms with Crippen molar-refractivity contribution in [2.45, 2.75) is 75.6 Å². The lowest BCUT2D eigenvalue weighted by Crippen LogP contribution is -2.45. The number of sulfonamides is 1. The first-order valence-corrected chi connectivity index (χ1v) is 21.3. The molecule has 4 aromatic rings. The number of thiophene rings is 1. The van der Waals surface area contributed by atoms with Gasteiger partial charge in [0.1, 0.15) is 22.2 Å². The third-order valence-electron chi connectivity index (χ3n) is 8.26. The smallest absolute Gasteiger partial charge is 0.432 e. The first-order chi connectivity index (χ1) is 23.6. The summed E-state index contributed by atoms with van der Waals surface area (Å²) in [6.45, 7) is 12.0. The minimum atomic E-state index is -3.79. The maximum atomic E-state index is 13.7. The number of nitrogens with one attached hydrogen (secondary N) is 1. The fourth-order valence-electron chi connectivity index (χ4n) is 5.45. The molecule has 2 aromatic carbocycles. The van der Waals surface area contributed by atoms with E-state index in [2.05, 4.69) is 30.6 Å². The summed E-state index contributed by atoms with van der Waals surface area (Å²) in [6, 6.07) is 17.7. The third kappa shape index (κ3) is 9.56. The average Bonchev–Trinajstić information content (AvgIpc) is 3.75. The molecule has 50 heavy (non-hydrogen) atoms. The molecule has 0 aliphatic rings. The van der Waals surface area contributed by atoms with Crippen LogP contribution >= 0.6 is 11.3 Å². The lowest BCUT2D eigenvalue weighted by Gasteiger charge is -2.36. The summed E-state index contributed by atoms with van der Waals surface area (Å²) < 4.78 is 53.8. The standard InChI is InChI=1S/C34H46N4O9S2Si/c1-8-50(9-2,10-3)47-29(24-13-11-14-25(21-24)36-49(42,43)30-15-12-20-48-30)23-37(33(41)46-34(4,5)6)18-19-45-26-16-17-27-28(22-26)38(32(39)40)35-31(27)44-7/h11-17,20-22,29,36H,8-10,18-19,23H2,1-7H3,(H,39,40). The second kappa shape index (κ2) is 16.3. The molecule has 0 aliphatic carbocycles. The van der Waals surface area contributed by atoms with Gasteiger partial charge in [-0.1, -0.05) is 39.0 Å². The largest absolute Gasteiger partial charge is 0.492 e. The van der Waals surface area contributed by atoms with E-state index < -0.39 is 42.2 Å². The van der Waals surface area contributed by atoms with Gasteiger partial charge >= 0.3 is 12.2 Å². The van der Waals surface area contributed by atoms with E-state index in [9.17, 15) is 23.1 Å². The molecule has 0 spiro atoms. The van der Waals surface area contributed by atoms with Crippen LogP contribution in [0.2, 0.25) is 18.1 Å². The molecule has 1 amide bonds. The number of fused-ring (bicyclic) bond motifs is 1. The highest BCUT2D eigenvalue weighted by Crippen LogP contribution is 2.33. The van der Waals surface area contributed by atoms with Crippen LogP contribution in [0.4, 0.5) is 15.3 Å². The first-order valence-electron chi connectivity index (χ1n) is 16.4. The molecule has 0 saturated carbocycles. The predicted molar refractivity (Wildman–Crippen MR) is 196 cm³/mol. The summed E-state index contributed by atoms with van der Waals surface area (Å²) >= 11 is 1.13. The Morgan fingerprint density at radius 2 is 1.78 bits per heavy atom. The minimum absolute atomic E-state index is 0.0500. The summed E-state index contributed by atoms with van der Waals surface area (Å²) in [5, 5.41) is 15.8. The van der Waals surface area contributed by atoms with Crippen LogP contribution in [0.15, 0.2) is 64.2 Å². The van der Waals surface area contributed by atoms with Gasteiger partial charge in [-0.05, 0) is 80.2 Å². The molecule has 2 heterocycles. The molecule has 0 bridgehead atoms. The molecule has 2 N–H and O–H groups in total. The predicted octanol–water partition coefficient (Wildman–Crippen LogP) is 7.81. The quantitative estimate of drug-likeness (QED) is 0.108. The van der Waals surface area contributed by atoms with Gasteiger partial charge in [0.2, 0.25) is 5.88 Å². The van der Waals surface area contributed by atoms with Crippen LogP contribution in [-0.2, 0) is 19.2 Å². The van der Waals surface area contributed by atoms with Gasteiger partial charge < -0.3 is 28.6 Å². The van der Waals surface area contributed by atoms with Gasteiger partial charge in [0.25, 0.3) is 10.0 Å². The van der Waals surface area contributed by atoms with Crippen molar-refractivity contribution in [3.63, 3.8) is 0 Å². The van der Waals surface area contributed by atoms with E-state index in [1.807, 2.05) is 6.07 Å². The zero-order valence-electron chi connectivity index (χ0n) is 29.5. The van der Waals surface area contributed by atoms with E-state index in [-0.39, 0.29) is 29.8 Å². The number of rotatable bonds is 16. The van der Waals surface area contributed by atoms with Crippen molar-refractivity contribution in [3.05, 3.63) is 65.5 Å². The van der Waals surface area contributed by atoms with Crippen molar-refractivity contribution in [2.24, 2.45) is 0 Å². The zero-order chi connectivity index (χ0) is 36.7. The van der Waals surface area contributed by atoms with Gasteiger partial charge in [0, 0.05) is 11.8 Å². The number of aromatic nitrogens is 2. The molecule has 0 saturated heterocycles. The number of carboxylic acid groups (broad SMARTS) is 1. The van der Waals surface area contributed by atoms with Gasteiger partial charge in [-0.3, -0.25) is 4.72 Å². The number of methoxy groups -OCH3 is 1. The Balaban J connectivity index is 1.64. The molecular formula is C34H46N4O9S2Si. The van der Waals surface area contributed by atoms with Crippen molar-refractivity contribution in [3.8, 4) is 11.6 Å². The SMILES string of the molecule is CC[Si](CC)(CC)OC(CN(CCOc1ccc2c(OC)nn(C(=O)O)c2c1)C(=O)OC(C)(C)C)c1cccc(NS(=O)(=O)c2cccs2)c1. The highest BCUT2D eigenvalue weighted by atomic mass is 32.2. The Morgan fingerprint density at radius 1 is 1.06 bits per heavy atom. The van der Waals surface area contributed by atoms with E-state index in [0.29, 0.717) is 27.9 Å². The molecular weight excluding hydrogens is 701 g/mol. The van der Waals surface area contributed by atoms with Crippen molar-refractivity contribution >= 4 is 58.5 Å². The van der Waals surface area contributed by atoms with Crippen molar-refractivity contribution in [1.82, 2.24) is 14.7 Å². The van der Waals surface area contributed by atoms with Crippen LogP contribution < -0.4 is 14.2 Å². The topological polar surface area (TPSA) is 159 Å². The van der Waals surface area contributed by atoms with Crippen molar-refractivity contribution in [1.29, 1.82) is 0 Å². The van der Waals surface area contributed by atoms with Crippen LogP contribution in [-0.4, -0.2) is 81.1 Å². The minimum Gasteiger partial charge on any atom is -0.492 e. The monoisotopic (exact) mass is 746 g/mol. The first kappa shape index (κ1) is 38.7. The number of benzene rings is 2.